The molecule has 82 valence electrons. The monoisotopic (exact) mass is 208 g/mol. The van der Waals surface area contributed by atoms with Crippen molar-refractivity contribution in [1.29, 1.82) is 0 Å². The Bertz CT molecular complexity index is 346. The van der Waals surface area contributed by atoms with Gasteiger partial charge in [-0.15, -0.1) is 0 Å². The molecular weight excluding hydrogens is 191 g/mol. The quantitative estimate of drug-likeness (QED) is 0.806. The zero-order valence-electron chi connectivity index (χ0n) is 9.04. The van der Waals surface area contributed by atoms with Crippen LogP contribution in [0.4, 0.5) is 4.39 Å². The van der Waals surface area contributed by atoms with E-state index < -0.39 is 5.60 Å². The summed E-state index contributed by atoms with van der Waals surface area (Å²) in [5.74, 6) is 0.173. The van der Waals surface area contributed by atoms with Crippen LogP contribution in [0.3, 0.4) is 0 Å². The molecule has 0 bridgehead atoms. The van der Waals surface area contributed by atoms with Crippen molar-refractivity contribution in [1.82, 2.24) is 0 Å². The molecule has 2 heteroatoms. The highest BCUT2D eigenvalue weighted by molar-refractivity contribution is 5.20. The average molecular weight is 208 g/mol. The van der Waals surface area contributed by atoms with E-state index in [1.807, 2.05) is 13.0 Å². The van der Waals surface area contributed by atoms with Gasteiger partial charge in [-0.1, -0.05) is 25.1 Å². The number of halogens is 1. The van der Waals surface area contributed by atoms with E-state index in [2.05, 4.69) is 0 Å². The highest BCUT2D eigenvalue weighted by Gasteiger charge is 2.42. The lowest BCUT2D eigenvalue weighted by Gasteiger charge is -2.27. The summed E-state index contributed by atoms with van der Waals surface area (Å²) in [7, 11) is 0. The van der Waals surface area contributed by atoms with Crippen molar-refractivity contribution >= 4 is 0 Å². The fraction of sp³-hybridized carbons (Fsp3) is 0.538. The van der Waals surface area contributed by atoms with Gasteiger partial charge in [0.25, 0.3) is 0 Å². The van der Waals surface area contributed by atoms with Crippen LogP contribution in [0.15, 0.2) is 24.3 Å². The summed E-state index contributed by atoms with van der Waals surface area (Å²) < 4.78 is 13.4. The zero-order valence-corrected chi connectivity index (χ0v) is 9.04. The zero-order chi connectivity index (χ0) is 10.9. The molecular formula is C13H17FO. The van der Waals surface area contributed by atoms with Crippen molar-refractivity contribution < 1.29 is 9.50 Å². The van der Waals surface area contributed by atoms with Gasteiger partial charge in [0.2, 0.25) is 0 Å². The molecule has 1 nitrogen and oxygen atoms in total. The maximum atomic E-state index is 13.4. The van der Waals surface area contributed by atoms with Crippen LogP contribution in [0.25, 0.3) is 0 Å². The Morgan fingerprint density at radius 1 is 1.40 bits per heavy atom. The van der Waals surface area contributed by atoms with Crippen LogP contribution in [0.5, 0.6) is 0 Å². The van der Waals surface area contributed by atoms with Crippen LogP contribution in [0.1, 0.15) is 31.7 Å². The molecule has 2 rings (SSSR count). The first kappa shape index (κ1) is 10.6. The molecule has 0 aliphatic heterocycles. The maximum Gasteiger partial charge on any atom is 0.126 e. The van der Waals surface area contributed by atoms with Gasteiger partial charge in [0.15, 0.2) is 0 Å². The Hall–Kier alpha value is -0.890. The molecule has 1 unspecified atom stereocenters. The van der Waals surface area contributed by atoms with Gasteiger partial charge in [-0.3, -0.25) is 0 Å². The molecule has 0 amide bonds. The first-order chi connectivity index (χ1) is 7.15. The Labute approximate surface area is 89.9 Å². The molecule has 0 heterocycles. The Morgan fingerprint density at radius 2 is 2.07 bits per heavy atom. The van der Waals surface area contributed by atoms with Crippen LogP contribution < -0.4 is 0 Å². The highest BCUT2D eigenvalue weighted by Crippen LogP contribution is 2.43. The molecule has 0 radical (unpaired) electrons. The van der Waals surface area contributed by atoms with E-state index in [-0.39, 0.29) is 5.82 Å². The lowest BCUT2D eigenvalue weighted by atomic mass is 9.87. The van der Waals surface area contributed by atoms with Gasteiger partial charge < -0.3 is 5.11 Å². The predicted molar refractivity (Wildman–Crippen MR) is 58.1 cm³/mol. The van der Waals surface area contributed by atoms with Crippen molar-refractivity contribution in [3.8, 4) is 0 Å². The predicted octanol–water partition coefficient (Wildman–Crippen LogP) is 2.92. The summed E-state index contributed by atoms with van der Waals surface area (Å²) >= 11 is 0. The van der Waals surface area contributed by atoms with E-state index in [0.29, 0.717) is 24.3 Å². The number of rotatable bonds is 4. The molecule has 1 saturated carbocycles. The van der Waals surface area contributed by atoms with Crippen LogP contribution in [-0.2, 0) is 6.42 Å². The van der Waals surface area contributed by atoms with Crippen molar-refractivity contribution in [2.24, 2.45) is 5.92 Å². The van der Waals surface area contributed by atoms with Crippen LogP contribution >= 0.6 is 0 Å². The van der Waals surface area contributed by atoms with Gasteiger partial charge in [-0.2, -0.15) is 0 Å². The number of hydrogen-bond donors (Lipinski definition) is 1. The molecule has 1 aliphatic carbocycles. The lowest BCUT2D eigenvalue weighted by molar-refractivity contribution is 0.0131. The molecule has 1 aromatic carbocycles. The third kappa shape index (κ3) is 2.20. The highest BCUT2D eigenvalue weighted by atomic mass is 19.1. The molecule has 1 aliphatic rings. The first-order valence-corrected chi connectivity index (χ1v) is 5.61. The van der Waals surface area contributed by atoms with E-state index in [0.717, 1.165) is 12.8 Å². The van der Waals surface area contributed by atoms with E-state index in [4.69, 9.17) is 0 Å². The van der Waals surface area contributed by atoms with Gasteiger partial charge in [-0.05, 0) is 36.8 Å². The minimum Gasteiger partial charge on any atom is -0.389 e. The maximum absolute atomic E-state index is 13.4. The minimum absolute atomic E-state index is 0.204. The smallest absolute Gasteiger partial charge is 0.126 e. The summed E-state index contributed by atoms with van der Waals surface area (Å²) in [5.41, 5.74) is -0.0592. The summed E-state index contributed by atoms with van der Waals surface area (Å²) in [6, 6.07) is 6.72. The SMILES string of the molecule is CCC(O)(Cc1ccccc1F)C1CC1. The van der Waals surface area contributed by atoms with E-state index in [1.165, 1.54) is 6.07 Å². The van der Waals surface area contributed by atoms with Gasteiger partial charge >= 0.3 is 0 Å². The summed E-state index contributed by atoms with van der Waals surface area (Å²) in [6.45, 7) is 1.97. The standard InChI is InChI=1S/C13H17FO/c1-2-13(15,11-7-8-11)9-10-5-3-4-6-12(10)14/h3-6,11,15H,2,7-9H2,1H3. The summed E-state index contributed by atoms with van der Waals surface area (Å²) in [6.07, 6.45) is 3.31. The number of hydrogen-bond acceptors (Lipinski definition) is 1. The van der Waals surface area contributed by atoms with Gasteiger partial charge in [-0.25, -0.2) is 4.39 Å². The lowest BCUT2D eigenvalue weighted by Crippen LogP contribution is -2.33. The van der Waals surface area contributed by atoms with Crippen LogP contribution in [0, 0.1) is 11.7 Å². The molecule has 1 fully saturated rings. The second-order valence-electron chi connectivity index (χ2n) is 4.50. The third-order valence-electron chi connectivity index (χ3n) is 3.40. The molecule has 1 aromatic rings. The van der Waals surface area contributed by atoms with Gasteiger partial charge in [0.05, 0.1) is 5.60 Å². The molecule has 0 aromatic heterocycles. The largest absolute Gasteiger partial charge is 0.389 e. The minimum atomic E-state index is -0.692. The average Bonchev–Trinajstić information content (AvgIpc) is 3.05. The molecule has 15 heavy (non-hydrogen) atoms. The first-order valence-electron chi connectivity index (χ1n) is 5.61. The Morgan fingerprint density at radius 3 is 2.60 bits per heavy atom. The Balaban J connectivity index is 2.16. The fourth-order valence-corrected chi connectivity index (χ4v) is 2.15. The summed E-state index contributed by atoms with van der Waals surface area (Å²) in [4.78, 5) is 0. The van der Waals surface area contributed by atoms with Crippen LogP contribution in [-0.4, -0.2) is 10.7 Å². The molecule has 0 saturated heterocycles. The Kier molecular flexibility index (Phi) is 2.79. The van der Waals surface area contributed by atoms with E-state index in [9.17, 15) is 9.50 Å². The molecule has 1 atom stereocenters. The second-order valence-corrected chi connectivity index (χ2v) is 4.50. The normalized spacial score (nSPS) is 19.9. The topological polar surface area (TPSA) is 20.2 Å². The van der Waals surface area contributed by atoms with Crippen molar-refractivity contribution in [3.63, 3.8) is 0 Å². The van der Waals surface area contributed by atoms with Crippen LogP contribution in [0.2, 0.25) is 0 Å². The fourth-order valence-electron chi connectivity index (χ4n) is 2.15. The van der Waals surface area contributed by atoms with Crippen molar-refractivity contribution in [3.05, 3.63) is 35.6 Å². The van der Waals surface area contributed by atoms with Gasteiger partial charge in [0.1, 0.15) is 5.82 Å². The number of benzene rings is 1. The number of aliphatic hydroxyl groups is 1. The molecule has 1 N–H and O–H groups in total. The van der Waals surface area contributed by atoms with Gasteiger partial charge in [0, 0.05) is 6.42 Å². The second kappa shape index (κ2) is 3.93. The summed E-state index contributed by atoms with van der Waals surface area (Å²) in [5, 5.41) is 10.4. The van der Waals surface area contributed by atoms with Crippen molar-refractivity contribution in [2.45, 2.75) is 38.2 Å². The van der Waals surface area contributed by atoms with E-state index >= 15 is 0 Å². The van der Waals surface area contributed by atoms with E-state index in [1.54, 1.807) is 12.1 Å². The van der Waals surface area contributed by atoms with Crippen molar-refractivity contribution in [2.75, 3.05) is 0 Å². The molecule has 0 spiro atoms. The third-order valence-corrected chi connectivity index (χ3v) is 3.40.